The molecule has 33 heavy (non-hydrogen) atoms. The monoisotopic (exact) mass is 442 g/mol. The van der Waals surface area contributed by atoms with Crippen molar-refractivity contribution in [3.05, 3.63) is 53.6 Å². The number of aromatic nitrogens is 1. The van der Waals surface area contributed by atoms with Gasteiger partial charge in [0.15, 0.2) is 0 Å². The molecule has 1 aliphatic rings. The summed E-state index contributed by atoms with van der Waals surface area (Å²) in [5.74, 6) is 0. The second-order valence-electron chi connectivity index (χ2n) is 9.43. The molecule has 172 valence electrons. The summed E-state index contributed by atoms with van der Waals surface area (Å²) in [4.78, 5) is 12.0. The van der Waals surface area contributed by atoms with Gasteiger partial charge in [0.25, 0.3) is 0 Å². The summed E-state index contributed by atoms with van der Waals surface area (Å²) in [7, 11) is 0. The summed E-state index contributed by atoms with van der Waals surface area (Å²) in [6.45, 7) is 6.09. The van der Waals surface area contributed by atoms with Crippen molar-refractivity contribution < 1.29 is 4.79 Å². The molecule has 0 saturated heterocycles. The van der Waals surface area contributed by atoms with Crippen LogP contribution < -0.4 is 10.6 Å². The third kappa shape index (κ3) is 4.90. The molecule has 0 aliphatic heterocycles. The average Bonchev–Trinajstić information content (AvgIpc) is 3.06. The molecule has 3 aromatic rings. The Balaban J connectivity index is 1.73. The Bertz CT molecular complexity index is 1160. The molecule has 1 saturated carbocycles. The van der Waals surface area contributed by atoms with Gasteiger partial charge in [0.2, 0.25) is 0 Å². The van der Waals surface area contributed by atoms with Crippen molar-refractivity contribution >= 4 is 22.6 Å². The minimum Gasteiger partial charge on any atom is -0.336 e. The van der Waals surface area contributed by atoms with E-state index < -0.39 is 0 Å². The molecule has 0 unspecified atom stereocenters. The minimum absolute atomic E-state index is 0.0764. The van der Waals surface area contributed by atoms with E-state index in [9.17, 15) is 10.1 Å². The highest BCUT2D eigenvalue weighted by Gasteiger charge is 2.27. The Kier molecular flexibility index (Phi) is 7.03. The highest BCUT2D eigenvalue weighted by molar-refractivity contribution is 5.95. The van der Waals surface area contributed by atoms with Crippen LogP contribution in [0.1, 0.15) is 76.5 Å². The first-order valence-electron chi connectivity index (χ1n) is 12.3. The Morgan fingerprint density at radius 3 is 2.52 bits per heavy atom. The van der Waals surface area contributed by atoms with Gasteiger partial charge in [0.1, 0.15) is 6.07 Å². The van der Waals surface area contributed by atoms with E-state index in [2.05, 4.69) is 46.4 Å². The highest BCUT2D eigenvalue weighted by atomic mass is 16.2. The number of carbonyl (C=O) groups is 1. The van der Waals surface area contributed by atoms with Crippen LogP contribution in [0.2, 0.25) is 0 Å². The first-order chi connectivity index (χ1) is 16.0. The maximum atomic E-state index is 12.0. The molecule has 0 bridgehead atoms. The van der Waals surface area contributed by atoms with Gasteiger partial charge in [0.05, 0.1) is 16.8 Å². The number of anilines is 1. The van der Waals surface area contributed by atoms with E-state index in [1.54, 1.807) is 0 Å². The molecular weight excluding hydrogens is 408 g/mol. The topological polar surface area (TPSA) is 69.8 Å². The first-order valence-corrected chi connectivity index (χ1v) is 12.3. The van der Waals surface area contributed by atoms with E-state index in [1.807, 2.05) is 38.1 Å². The number of hydrogen-bond donors (Lipinski definition) is 2. The molecule has 2 N–H and O–H groups in total. The number of aryl methyl sites for hydroxylation is 1. The van der Waals surface area contributed by atoms with Crippen molar-refractivity contribution in [2.24, 2.45) is 0 Å². The van der Waals surface area contributed by atoms with Gasteiger partial charge in [-0.2, -0.15) is 5.26 Å². The molecular formula is C28H34N4O. The van der Waals surface area contributed by atoms with Gasteiger partial charge >= 0.3 is 6.03 Å². The fourth-order valence-corrected chi connectivity index (χ4v) is 4.65. The number of nitrogens with one attached hydrogen (secondary N) is 2. The fourth-order valence-electron chi connectivity index (χ4n) is 4.65. The Morgan fingerprint density at radius 2 is 1.91 bits per heavy atom. The van der Waals surface area contributed by atoms with Crippen LogP contribution in [-0.2, 0) is 6.42 Å². The Hall–Kier alpha value is -3.26. The predicted molar refractivity (Wildman–Crippen MR) is 135 cm³/mol. The lowest BCUT2D eigenvalue weighted by atomic mass is 9.92. The van der Waals surface area contributed by atoms with E-state index >= 15 is 0 Å². The molecule has 1 aromatic heterocycles. The molecule has 1 aliphatic carbocycles. The number of amides is 2. The van der Waals surface area contributed by atoms with Gasteiger partial charge < -0.3 is 15.2 Å². The zero-order valence-electron chi connectivity index (χ0n) is 19.9. The molecule has 0 radical (unpaired) electrons. The van der Waals surface area contributed by atoms with E-state index in [0.29, 0.717) is 6.04 Å². The third-order valence-corrected chi connectivity index (χ3v) is 6.53. The third-order valence-electron chi connectivity index (χ3n) is 6.53. The van der Waals surface area contributed by atoms with Gasteiger partial charge in [-0.25, -0.2) is 4.79 Å². The molecule has 5 nitrogen and oxygen atoms in total. The second-order valence-corrected chi connectivity index (χ2v) is 9.43. The number of hydrogen-bond acceptors (Lipinski definition) is 2. The maximum absolute atomic E-state index is 12.0. The van der Waals surface area contributed by atoms with Gasteiger partial charge in [-0.15, -0.1) is 0 Å². The predicted octanol–water partition coefficient (Wildman–Crippen LogP) is 7.17. The van der Waals surface area contributed by atoms with Gasteiger partial charge in [-0.1, -0.05) is 44.0 Å². The first kappa shape index (κ1) is 22.9. The molecule has 4 rings (SSSR count). The molecule has 5 heteroatoms. The minimum atomic E-state index is -0.213. The van der Waals surface area contributed by atoms with Crippen molar-refractivity contribution in [3.8, 4) is 17.3 Å². The van der Waals surface area contributed by atoms with Gasteiger partial charge in [-0.05, 0) is 75.3 Å². The van der Waals surface area contributed by atoms with Crippen molar-refractivity contribution in [2.75, 3.05) is 5.32 Å². The standard InChI is InChI=1S/C28H34N4O/c1-4-5-6-8-20-11-16-24-25(18-29)27(32(26(24)17-20)23-9-7-10-23)21-12-14-22(15-13-21)31-28(33)30-19(2)3/h11-17,19,23H,4-10H2,1-3H3,(H2,30,31,33). The Labute approximate surface area is 196 Å². The molecule has 2 amide bonds. The number of unbranched alkanes of at least 4 members (excludes halogenated alkanes) is 2. The van der Waals surface area contributed by atoms with E-state index in [1.165, 1.54) is 36.8 Å². The summed E-state index contributed by atoms with van der Waals surface area (Å²) in [5, 5.41) is 16.9. The fraction of sp³-hybridized carbons (Fsp3) is 0.429. The SMILES string of the molecule is CCCCCc1ccc2c(C#N)c(-c3ccc(NC(=O)NC(C)C)cc3)n(C3CCC3)c2c1. The van der Waals surface area contributed by atoms with Gasteiger partial charge in [0, 0.05) is 23.2 Å². The van der Waals surface area contributed by atoms with E-state index in [4.69, 9.17) is 0 Å². The number of fused-ring (bicyclic) bond motifs is 1. The molecule has 0 atom stereocenters. The van der Waals surface area contributed by atoms with Crippen LogP contribution >= 0.6 is 0 Å². The zero-order chi connectivity index (χ0) is 23.4. The lowest BCUT2D eigenvalue weighted by Gasteiger charge is -2.30. The summed E-state index contributed by atoms with van der Waals surface area (Å²) < 4.78 is 2.41. The lowest BCUT2D eigenvalue weighted by Crippen LogP contribution is -2.34. The number of rotatable bonds is 8. The number of nitrogens with zero attached hydrogens (tertiary/aromatic N) is 2. The van der Waals surface area contributed by atoms with Crippen molar-refractivity contribution in [1.82, 2.24) is 9.88 Å². The molecule has 2 aromatic carbocycles. The van der Waals surface area contributed by atoms with Crippen molar-refractivity contribution in [1.29, 1.82) is 5.26 Å². The van der Waals surface area contributed by atoms with Crippen LogP contribution in [0.5, 0.6) is 0 Å². The Morgan fingerprint density at radius 1 is 1.15 bits per heavy atom. The molecule has 1 heterocycles. The summed E-state index contributed by atoms with van der Waals surface area (Å²) in [6.07, 6.45) is 8.26. The van der Waals surface area contributed by atoms with E-state index in [0.717, 1.165) is 47.2 Å². The molecule has 1 fully saturated rings. The quantitative estimate of drug-likeness (QED) is 0.363. The van der Waals surface area contributed by atoms with Gasteiger partial charge in [-0.3, -0.25) is 0 Å². The maximum Gasteiger partial charge on any atom is 0.319 e. The van der Waals surface area contributed by atoms with Crippen LogP contribution in [0.25, 0.3) is 22.2 Å². The van der Waals surface area contributed by atoms with Crippen LogP contribution in [0.4, 0.5) is 10.5 Å². The number of carbonyl (C=O) groups excluding carboxylic acids is 1. The van der Waals surface area contributed by atoms with Crippen LogP contribution in [0, 0.1) is 11.3 Å². The van der Waals surface area contributed by atoms with Crippen molar-refractivity contribution in [3.63, 3.8) is 0 Å². The van der Waals surface area contributed by atoms with Crippen LogP contribution in [0.3, 0.4) is 0 Å². The molecule has 0 spiro atoms. The largest absolute Gasteiger partial charge is 0.336 e. The summed E-state index contributed by atoms with van der Waals surface area (Å²) >= 11 is 0. The second kappa shape index (κ2) is 10.1. The van der Waals surface area contributed by atoms with Crippen LogP contribution in [0.15, 0.2) is 42.5 Å². The highest BCUT2D eigenvalue weighted by Crippen LogP contribution is 2.43. The normalized spacial score (nSPS) is 13.7. The average molecular weight is 443 g/mol. The summed E-state index contributed by atoms with van der Waals surface area (Å²) in [6, 6.07) is 17.3. The number of urea groups is 1. The lowest BCUT2D eigenvalue weighted by molar-refractivity contribution is 0.250. The van der Waals surface area contributed by atoms with E-state index in [-0.39, 0.29) is 12.1 Å². The van der Waals surface area contributed by atoms with Crippen LogP contribution in [-0.4, -0.2) is 16.6 Å². The number of benzene rings is 2. The zero-order valence-corrected chi connectivity index (χ0v) is 19.9. The smallest absolute Gasteiger partial charge is 0.319 e. The summed E-state index contributed by atoms with van der Waals surface area (Å²) in [5.41, 5.74) is 6.02. The number of nitriles is 1. The van der Waals surface area contributed by atoms with Crippen molar-refractivity contribution in [2.45, 2.75) is 77.8 Å².